The van der Waals surface area contributed by atoms with E-state index in [1.807, 2.05) is 0 Å². The summed E-state index contributed by atoms with van der Waals surface area (Å²) in [6, 6.07) is 8.96. The Morgan fingerprint density at radius 1 is 0.879 bits per heavy atom. The molecule has 8 aliphatic rings. The number of rotatable bonds is 10. The number of carbonyl (C=O) groups is 1. The van der Waals surface area contributed by atoms with Crippen LogP contribution in [0.4, 0.5) is 0 Å². The van der Waals surface area contributed by atoms with Crippen LogP contribution in [-0.2, 0) is 27.1 Å². The van der Waals surface area contributed by atoms with Crippen LogP contribution in [0.25, 0.3) is 0 Å². The molecule has 6 nitrogen and oxygen atoms in total. The highest BCUT2D eigenvalue weighted by molar-refractivity contribution is 5.75. The number of aliphatic hydroxyl groups excluding tert-OH is 1. The Kier molecular flexibility index (Phi) is 10.0. The fourth-order valence-electron chi connectivity index (χ4n) is 18.6. The highest BCUT2D eigenvalue weighted by Crippen LogP contribution is 2.88. The number of methoxy groups -OCH3 is 1. The minimum absolute atomic E-state index is 0.00557. The Morgan fingerprint density at radius 3 is 2.31 bits per heavy atom. The molecule has 16 atom stereocenters. The van der Waals surface area contributed by atoms with E-state index in [1.54, 1.807) is 7.11 Å². The van der Waals surface area contributed by atoms with Crippen molar-refractivity contribution in [3.8, 4) is 11.8 Å². The first kappa shape index (κ1) is 41.4. The molecule has 0 amide bonds. The van der Waals surface area contributed by atoms with Gasteiger partial charge in [0.2, 0.25) is 0 Å². The van der Waals surface area contributed by atoms with Gasteiger partial charge in [0.05, 0.1) is 24.2 Å². The lowest BCUT2D eigenvalue weighted by atomic mass is 9.21. The maximum atomic E-state index is 13.5. The van der Waals surface area contributed by atoms with Crippen LogP contribution in [0.5, 0.6) is 0 Å². The van der Waals surface area contributed by atoms with Crippen molar-refractivity contribution in [1.82, 2.24) is 0 Å². The topological polar surface area (TPSA) is 96.2 Å². The zero-order valence-electron chi connectivity index (χ0n) is 37.1. The quantitative estimate of drug-likeness (QED) is 0.204. The highest BCUT2D eigenvalue weighted by Gasteiger charge is 2.85. The third kappa shape index (κ3) is 5.21. The van der Waals surface area contributed by atoms with Gasteiger partial charge in [0.25, 0.3) is 0 Å². The lowest BCUT2D eigenvalue weighted by Crippen LogP contribution is -2.79. The summed E-state index contributed by atoms with van der Waals surface area (Å²) in [5, 5.41) is 36.7. The Hall–Kier alpha value is -1.91. The van der Waals surface area contributed by atoms with E-state index in [9.17, 15) is 20.1 Å². The lowest BCUT2D eigenvalue weighted by molar-refractivity contribution is -0.348. The number of fused-ring (bicyclic) bond motifs is 2. The smallest absolute Gasteiger partial charge is 0.309 e. The summed E-state index contributed by atoms with van der Waals surface area (Å²) in [6.07, 6.45) is 17.5. The molecule has 1 aromatic rings. The van der Waals surface area contributed by atoms with Crippen LogP contribution in [0.1, 0.15) is 162 Å². The van der Waals surface area contributed by atoms with E-state index >= 15 is 0 Å². The third-order valence-corrected chi connectivity index (χ3v) is 20.8. The first-order valence-electron chi connectivity index (χ1n) is 24.0. The van der Waals surface area contributed by atoms with E-state index in [0.29, 0.717) is 24.4 Å². The fraction of sp³-hybridized carbons (Fsp3) is 0.827. The van der Waals surface area contributed by atoms with Crippen LogP contribution in [0, 0.1) is 85.3 Å². The molecule has 1 heterocycles. The molecule has 9 rings (SSSR count). The van der Waals surface area contributed by atoms with Crippen molar-refractivity contribution in [3.63, 3.8) is 0 Å². The predicted molar refractivity (Wildman–Crippen MR) is 227 cm³/mol. The molecule has 3 N–H and O–H groups in total. The van der Waals surface area contributed by atoms with Crippen molar-refractivity contribution in [1.29, 1.82) is 0 Å². The Labute approximate surface area is 350 Å². The summed E-state index contributed by atoms with van der Waals surface area (Å²) in [5.41, 5.74) is 0.753. The number of aliphatic carboxylic acids is 1. The standard InChI is InChI=1S/C52H76O6/c1-8-11-34-13-10-22-49-28-29-50-40(12-9-2)52(56,58-41(50)31-36-16-14-35(15-17-36)21-30-57-7)33-39(53)43(50)47(49,5)32-37-18-19-38-42-45(3,24-26-46(38,4)44(54)55)25-27-48(49,6)51(37,42)23-20-34/h14-17,34,37-43,53,56H,8-9,11-13,18-21,23-33H2,1-7H3,(H,54,55)/t34-,37-,38-,39-,40+,41+,42+,43-,45+,46+,47-,48+,49-,50+,51-,52-/m0/s1. The van der Waals surface area contributed by atoms with Crippen LogP contribution in [0.2, 0.25) is 0 Å². The number of aliphatic hydroxyl groups is 2. The second-order valence-electron chi connectivity index (χ2n) is 22.8. The van der Waals surface area contributed by atoms with Gasteiger partial charge in [-0.15, -0.1) is 5.92 Å². The minimum Gasteiger partial charge on any atom is -0.481 e. The molecule has 320 valence electrons. The Bertz CT molecular complexity index is 1810. The van der Waals surface area contributed by atoms with Gasteiger partial charge >= 0.3 is 5.97 Å². The molecule has 7 fully saturated rings. The summed E-state index contributed by atoms with van der Waals surface area (Å²) >= 11 is 0. The number of hydrogen-bond acceptors (Lipinski definition) is 5. The van der Waals surface area contributed by atoms with Crippen molar-refractivity contribution in [2.75, 3.05) is 13.7 Å². The molecule has 58 heavy (non-hydrogen) atoms. The summed E-state index contributed by atoms with van der Waals surface area (Å²) in [6.45, 7) is 15.2. The molecule has 3 spiro atoms. The van der Waals surface area contributed by atoms with E-state index in [0.717, 1.165) is 89.9 Å². The summed E-state index contributed by atoms with van der Waals surface area (Å²) in [7, 11) is 1.75. The van der Waals surface area contributed by atoms with Crippen LogP contribution in [-0.4, -0.2) is 53.0 Å². The first-order valence-corrected chi connectivity index (χ1v) is 24.0. The van der Waals surface area contributed by atoms with E-state index in [1.165, 1.54) is 36.8 Å². The molecule has 0 radical (unpaired) electrons. The number of carboxylic acid groups (broad SMARTS) is 1. The van der Waals surface area contributed by atoms with Crippen LogP contribution in [0.15, 0.2) is 24.3 Å². The van der Waals surface area contributed by atoms with Crippen molar-refractivity contribution >= 4 is 5.97 Å². The maximum Gasteiger partial charge on any atom is 0.309 e. The summed E-state index contributed by atoms with van der Waals surface area (Å²) < 4.78 is 12.5. The summed E-state index contributed by atoms with van der Waals surface area (Å²) in [4.78, 5) is 13.5. The van der Waals surface area contributed by atoms with Crippen LogP contribution >= 0.6 is 0 Å². The first-order chi connectivity index (χ1) is 27.6. The van der Waals surface area contributed by atoms with Crippen molar-refractivity contribution in [3.05, 3.63) is 35.4 Å². The molecule has 0 aromatic heterocycles. The number of carboxylic acids is 1. The van der Waals surface area contributed by atoms with Gasteiger partial charge in [0.15, 0.2) is 5.79 Å². The molecule has 6 heteroatoms. The van der Waals surface area contributed by atoms with Crippen molar-refractivity contribution in [2.45, 2.75) is 182 Å². The van der Waals surface area contributed by atoms with Gasteiger partial charge in [0, 0.05) is 42.6 Å². The average Bonchev–Trinajstić information content (AvgIpc) is 3.34. The Balaban J connectivity index is 1.22. The molecule has 1 saturated heterocycles. The molecule has 1 aromatic carbocycles. The second-order valence-corrected chi connectivity index (χ2v) is 22.8. The van der Waals surface area contributed by atoms with Gasteiger partial charge in [0.1, 0.15) is 0 Å². The van der Waals surface area contributed by atoms with E-state index in [-0.39, 0.29) is 62.8 Å². The van der Waals surface area contributed by atoms with Gasteiger partial charge < -0.3 is 24.8 Å². The van der Waals surface area contributed by atoms with Gasteiger partial charge in [-0.2, -0.15) is 0 Å². The zero-order chi connectivity index (χ0) is 41.1. The van der Waals surface area contributed by atoms with E-state index in [2.05, 4.69) is 77.6 Å². The van der Waals surface area contributed by atoms with Crippen molar-refractivity contribution < 1.29 is 29.6 Å². The highest BCUT2D eigenvalue weighted by atomic mass is 16.6. The number of hydrogen-bond donors (Lipinski definition) is 3. The van der Waals surface area contributed by atoms with Gasteiger partial charge in [-0.05, 0) is 160 Å². The van der Waals surface area contributed by atoms with E-state index < -0.39 is 23.3 Å². The molecular formula is C52H76O6. The SMILES string of the molecule is CCC[C@H]1CC#C[C@]23CC[C@]45[C@@H]([C@@H](O)C[C@](O)(O[C@@H]4Cc4ccc(CCOC)cc4)[C@@H]5CCC)[C@]2(C)C[C@@H]2CC[C@H]4[C@@H]5[C@@](C)(CC[C@@]3(C)[C@@]25CC1)CC[C@@]4(C)C(=O)O. The zero-order valence-corrected chi connectivity index (χ0v) is 37.1. The second kappa shape index (κ2) is 14.1. The third-order valence-electron chi connectivity index (χ3n) is 20.8. The number of ether oxygens (including phenoxy) is 2. The molecule has 0 unspecified atom stereocenters. The number of benzene rings is 1. The molecular weight excluding hydrogens is 721 g/mol. The Morgan fingerprint density at radius 2 is 1.60 bits per heavy atom. The largest absolute Gasteiger partial charge is 0.481 e. The fourth-order valence-corrected chi connectivity index (χ4v) is 18.6. The molecule has 7 aliphatic carbocycles. The molecule has 6 saturated carbocycles. The minimum atomic E-state index is -1.34. The van der Waals surface area contributed by atoms with Gasteiger partial charge in [-0.3, -0.25) is 4.79 Å². The van der Waals surface area contributed by atoms with Crippen molar-refractivity contribution in [2.24, 2.45) is 73.4 Å². The van der Waals surface area contributed by atoms with Gasteiger partial charge in [-0.1, -0.05) is 77.6 Å². The van der Waals surface area contributed by atoms with Gasteiger partial charge in [-0.25, -0.2) is 0 Å². The van der Waals surface area contributed by atoms with Crippen LogP contribution in [0.3, 0.4) is 0 Å². The molecule has 1 aliphatic heterocycles. The maximum absolute atomic E-state index is 13.5. The molecule has 4 bridgehead atoms. The average molecular weight is 797 g/mol. The van der Waals surface area contributed by atoms with Crippen LogP contribution < -0.4 is 0 Å². The normalized spacial score (nSPS) is 51.1. The monoisotopic (exact) mass is 797 g/mol. The van der Waals surface area contributed by atoms with E-state index in [4.69, 9.17) is 9.47 Å². The predicted octanol–water partition coefficient (Wildman–Crippen LogP) is 10.4. The summed E-state index contributed by atoms with van der Waals surface area (Å²) in [5.74, 6) is 7.85. The lowest BCUT2D eigenvalue weighted by Gasteiger charge is -2.82.